The quantitative estimate of drug-likeness (QED) is 0.604. The lowest BCUT2D eigenvalue weighted by atomic mass is 9.92. The van der Waals surface area contributed by atoms with E-state index in [1.54, 1.807) is 19.3 Å². The van der Waals surface area contributed by atoms with E-state index >= 15 is 0 Å². The minimum absolute atomic E-state index is 0.552. The third-order valence-corrected chi connectivity index (χ3v) is 11.7. The van der Waals surface area contributed by atoms with Gasteiger partial charge in [0.2, 0.25) is 0 Å². The summed E-state index contributed by atoms with van der Waals surface area (Å²) in [7, 11) is -0.552. The first-order valence-electron chi connectivity index (χ1n) is 8.47. The molecule has 0 N–H and O–H groups in total. The van der Waals surface area contributed by atoms with Crippen molar-refractivity contribution in [3.8, 4) is 0 Å². The molecule has 1 heteroatoms. The summed E-state index contributed by atoms with van der Waals surface area (Å²) < 4.78 is 0. The fourth-order valence-corrected chi connectivity index (χ4v) is 10.1. The van der Waals surface area contributed by atoms with Crippen LogP contribution in [0.4, 0.5) is 0 Å². The molecule has 0 bridgehead atoms. The lowest BCUT2D eigenvalue weighted by molar-refractivity contribution is 0.352. The van der Waals surface area contributed by atoms with Crippen LogP contribution in [0, 0.1) is 29.6 Å². The maximum Gasteiger partial charge on any atom is 0.0405 e. The van der Waals surface area contributed by atoms with Gasteiger partial charge in [-0.25, -0.2) is 0 Å². The summed E-state index contributed by atoms with van der Waals surface area (Å²) in [6.45, 7) is 15.2. The summed E-state index contributed by atoms with van der Waals surface area (Å²) in [6, 6.07) is 0. The SMILES string of the molecule is CCC1CCC([SiH](C)C2C(C)C(C)C(C)C2C)C1. The van der Waals surface area contributed by atoms with Gasteiger partial charge in [-0.3, -0.25) is 0 Å². The van der Waals surface area contributed by atoms with Crippen molar-refractivity contribution in [2.45, 2.75) is 77.9 Å². The maximum absolute atomic E-state index is 2.71. The predicted octanol–water partition coefficient (Wildman–Crippen LogP) is 5.35. The number of rotatable bonds is 3. The first kappa shape index (κ1) is 14.6. The second-order valence-electron chi connectivity index (χ2n) is 7.72. The molecule has 0 aromatic rings. The summed E-state index contributed by atoms with van der Waals surface area (Å²) in [5.74, 6) is 4.99. The van der Waals surface area contributed by atoms with Gasteiger partial charge in [0.15, 0.2) is 0 Å². The van der Waals surface area contributed by atoms with Gasteiger partial charge in [0, 0.05) is 8.80 Å². The average molecular weight is 267 g/mol. The standard InChI is InChI=1S/C17H34Si/c1-7-15-8-9-16(10-15)18(6)17-13(4)11(2)12(3)14(17)5/h11-18H,7-10H2,1-6H3. The van der Waals surface area contributed by atoms with Crippen molar-refractivity contribution in [2.24, 2.45) is 29.6 Å². The summed E-state index contributed by atoms with van der Waals surface area (Å²) in [4.78, 5) is 0. The van der Waals surface area contributed by atoms with Gasteiger partial charge in [-0.05, 0) is 40.7 Å². The summed E-state index contributed by atoms with van der Waals surface area (Å²) >= 11 is 0. The molecule has 0 aromatic carbocycles. The molecule has 0 nitrogen and oxygen atoms in total. The molecular formula is C17H34Si. The van der Waals surface area contributed by atoms with Gasteiger partial charge in [0.1, 0.15) is 0 Å². The topological polar surface area (TPSA) is 0 Å². The predicted molar refractivity (Wildman–Crippen MR) is 84.8 cm³/mol. The molecule has 0 spiro atoms. The zero-order valence-electron chi connectivity index (χ0n) is 13.4. The zero-order valence-corrected chi connectivity index (χ0v) is 14.6. The monoisotopic (exact) mass is 266 g/mol. The highest BCUT2D eigenvalue weighted by atomic mass is 28.3. The molecule has 2 aliphatic rings. The molecule has 2 saturated carbocycles. The first-order chi connectivity index (χ1) is 8.47. The molecule has 0 heterocycles. The minimum Gasteiger partial charge on any atom is -0.0716 e. The van der Waals surface area contributed by atoms with E-state index in [-0.39, 0.29) is 0 Å². The molecule has 0 saturated heterocycles. The molecule has 2 fully saturated rings. The summed E-state index contributed by atoms with van der Waals surface area (Å²) in [5, 5.41) is 0. The highest BCUT2D eigenvalue weighted by Gasteiger charge is 2.46. The van der Waals surface area contributed by atoms with E-state index in [0.717, 1.165) is 35.1 Å². The van der Waals surface area contributed by atoms with E-state index in [1.807, 2.05) is 0 Å². The van der Waals surface area contributed by atoms with Crippen LogP contribution in [0.15, 0.2) is 0 Å². The van der Waals surface area contributed by atoms with Crippen molar-refractivity contribution in [3.63, 3.8) is 0 Å². The highest BCUT2D eigenvalue weighted by molar-refractivity contribution is 6.61. The van der Waals surface area contributed by atoms with E-state index in [2.05, 4.69) is 41.2 Å². The van der Waals surface area contributed by atoms with Gasteiger partial charge in [-0.1, -0.05) is 66.8 Å². The molecule has 0 aliphatic heterocycles. The van der Waals surface area contributed by atoms with Gasteiger partial charge in [-0.15, -0.1) is 0 Å². The smallest absolute Gasteiger partial charge is 0.0405 e. The van der Waals surface area contributed by atoms with E-state index < -0.39 is 8.80 Å². The van der Waals surface area contributed by atoms with Crippen LogP contribution >= 0.6 is 0 Å². The molecule has 2 rings (SSSR count). The van der Waals surface area contributed by atoms with Crippen LogP contribution in [0.25, 0.3) is 0 Å². The Labute approximate surface area is 117 Å². The van der Waals surface area contributed by atoms with E-state index in [0.29, 0.717) is 0 Å². The third-order valence-electron chi connectivity index (χ3n) is 7.21. The molecule has 2 aliphatic carbocycles. The van der Waals surface area contributed by atoms with Crippen molar-refractivity contribution in [1.29, 1.82) is 0 Å². The van der Waals surface area contributed by atoms with Gasteiger partial charge in [0.25, 0.3) is 0 Å². The van der Waals surface area contributed by atoms with Crippen LogP contribution in [-0.4, -0.2) is 8.80 Å². The molecule has 7 atom stereocenters. The molecule has 0 amide bonds. The van der Waals surface area contributed by atoms with E-state index in [9.17, 15) is 0 Å². The zero-order chi connectivity index (χ0) is 13.4. The summed E-state index contributed by atoms with van der Waals surface area (Å²) in [5.41, 5.74) is 2.29. The Bertz CT molecular complexity index is 261. The van der Waals surface area contributed by atoms with Crippen LogP contribution in [0.5, 0.6) is 0 Å². The van der Waals surface area contributed by atoms with Crippen molar-refractivity contribution in [2.75, 3.05) is 0 Å². The molecule has 18 heavy (non-hydrogen) atoms. The Hall–Kier alpha value is 0.217. The fourth-order valence-electron chi connectivity index (χ4n) is 5.37. The normalized spacial score (nSPS) is 50.7. The molecule has 0 aromatic heterocycles. The van der Waals surface area contributed by atoms with Crippen LogP contribution in [0.2, 0.25) is 17.6 Å². The van der Waals surface area contributed by atoms with E-state index in [4.69, 9.17) is 0 Å². The molecule has 7 unspecified atom stereocenters. The Morgan fingerprint density at radius 1 is 0.889 bits per heavy atom. The lowest BCUT2D eigenvalue weighted by Crippen LogP contribution is -2.28. The number of hydrogen-bond acceptors (Lipinski definition) is 0. The van der Waals surface area contributed by atoms with Crippen LogP contribution in [-0.2, 0) is 0 Å². The van der Waals surface area contributed by atoms with Gasteiger partial charge >= 0.3 is 0 Å². The average Bonchev–Trinajstić information content (AvgIpc) is 2.91. The second kappa shape index (κ2) is 5.69. The lowest BCUT2D eigenvalue weighted by Gasteiger charge is -2.31. The van der Waals surface area contributed by atoms with Crippen molar-refractivity contribution in [3.05, 3.63) is 0 Å². The van der Waals surface area contributed by atoms with Gasteiger partial charge in [-0.2, -0.15) is 0 Å². The van der Waals surface area contributed by atoms with E-state index in [1.165, 1.54) is 12.0 Å². The fraction of sp³-hybridized carbons (Fsp3) is 1.00. The van der Waals surface area contributed by atoms with Crippen LogP contribution in [0.1, 0.15) is 60.3 Å². The van der Waals surface area contributed by atoms with Crippen molar-refractivity contribution >= 4 is 8.80 Å². The Kier molecular flexibility index (Phi) is 4.62. The Balaban J connectivity index is 2.03. The summed E-state index contributed by atoms with van der Waals surface area (Å²) in [6.07, 6.45) is 6.13. The first-order valence-corrected chi connectivity index (χ1v) is 11.0. The second-order valence-corrected chi connectivity index (χ2v) is 11.2. The molecule has 106 valence electrons. The van der Waals surface area contributed by atoms with Crippen molar-refractivity contribution < 1.29 is 0 Å². The third kappa shape index (κ3) is 2.44. The van der Waals surface area contributed by atoms with Crippen LogP contribution in [0.3, 0.4) is 0 Å². The molecule has 0 radical (unpaired) electrons. The Morgan fingerprint density at radius 3 is 1.89 bits per heavy atom. The Morgan fingerprint density at radius 2 is 1.44 bits per heavy atom. The minimum atomic E-state index is -0.552. The van der Waals surface area contributed by atoms with Gasteiger partial charge in [0.05, 0.1) is 0 Å². The van der Waals surface area contributed by atoms with Crippen LogP contribution < -0.4 is 0 Å². The largest absolute Gasteiger partial charge is 0.0716 e. The highest BCUT2D eigenvalue weighted by Crippen LogP contribution is 2.54. The maximum atomic E-state index is 2.71. The number of hydrogen-bond donors (Lipinski definition) is 0. The van der Waals surface area contributed by atoms with Crippen molar-refractivity contribution in [1.82, 2.24) is 0 Å². The molecular weight excluding hydrogens is 232 g/mol. The van der Waals surface area contributed by atoms with Gasteiger partial charge < -0.3 is 0 Å².